The zero-order valence-corrected chi connectivity index (χ0v) is 13.6. The molecule has 122 valence electrons. The van der Waals surface area contributed by atoms with E-state index >= 15 is 0 Å². The predicted octanol–water partition coefficient (Wildman–Crippen LogP) is 3.39. The third kappa shape index (κ3) is 5.54. The number of nitrogens with one attached hydrogen (secondary N) is 2. The first-order valence-corrected chi connectivity index (χ1v) is 8.30. The quantitative estimate of drug-likeness (QED) is 0.820. The Kier molecular flexibility index (Phi) is 6.49. The van der Waals surface area contributed by atoms with Gasteiger partial charge in [-0.25, -0.2) is 9.78 Å². The third-order valence-corrected chi connectivity index (χ3v) is 3.83. The molecule has 0 unspecified atom stereocenters. The zero-order valence-electron chi connectivity index (χ0n) is 13.6. The Hall–Kier alpha value is -1.78. The van der Waals surface area contributed by atoms with Gasteiger partial charge in [0.05, 0.1) is 6.10 Å². The molecule has 2 rings (SSSR count). The molecule has 2 amide bonds. The first-order valence-electron chi connectivity index (χ1n) is 8.30. The molecule has 5 heteroatoms. The van der Waals surface area contributed by atoms with Gasteiger partial charge in [-0.15, -0.1) is 0 Å². The highest BCUT2D eigenvalue weighted by Crippen LogP contribution is 2.17. The Balaban J connectivity index is 1.83. The van der Waals surface area contributed by atoms with Crippen LogP contribution in [0, 0.1) is 0 Å². The Morgan fingerprint density at radius 3 is 2.73 bits per heavy atom. The number of amides is 2. The van der Waals surface area contributed by atoms with E-state index in [1.807, 2.05) is 26.0 Å². The summed E-state index contributed by atoms with van der Waals surface area (Å²) in [5.41, 5.74) is 0.896. The van der Waals surface area contributed by atoms with Gasteiger partial charge in [0.2, 0.25) is 5.88 Å². The smallest absolute Gasteiger partial charge is 0.315 e. The monoisotopic (exact) mass is 305 g/mol. The fourth-order valence-corrected chi connectivity index (χ4v) is 2.72. The minimum atomic E-state index is -0.105. The highest BCUT2D eigenvalue weighted by atomic mass is 16.5. The molecule has 2 N–H and O–H groups in total. The van der Waals surface area contributed by atoms with Crippen molar-refractivity contribution in [3.63, 3.8) is 0 Å². The van der Waals surface area contributed by atoms with E-state index in [0.29, 0.717) is 18.5 Å². The van der Waals surface area contributed by atoms with Gasteiger partial charge in [-0.1, -0.05) is 31.7 Å². The summed E-state index contributed by atoms with van der Waals surface area (Å²) in [6.45, 7) is 4.35. The van der Waals surface area contributed by atoms with Crippen LogP contribution in [0.5, 0.6) is 5.88 Å². The number of ether oxygens (including phenoxy) is 1. The van der Waals surface area contributed by atoms with Gasteiger partial charge in [0.15, 0.2) is 0 Å². The molecule has 0 spiro atoms. The number of aromatic nitrogens is 1. The Morgan fingerprint density at radius 1 is 1.32 bits per heavy atom. The van der Waals surface area contributed by atoms with E-state index in [9.17, 15) is 4.79 Å². The number of rotatable bonds is 5. The van der Waals surface area contributed by atoms with Crippen LogP contribution in [0.1, 0.15) is 57.9 Å². The largest absolute Gasteiger partial charge is 0.475 e. The molecule has 1 saturated carbocycles. The van der Waals surface area contributed by atoms with Gasteiger partial charge in [-0.3, -0.25) is 0 Å². The van der Waals surface area contributed by atoms with Gasteiger partial charge >= 0.3 is 6.03 Å². The van der Waals surface area contributed by atoms with Gasteiger partial charge in [0, 0.05) is 24.3 Å². The number of nitrogens with zero attached hydrogens (tertiary/aromatic N) is 1. The first kappa shape index (κ1) is 16.6. The van der Waals surface area contributed by atoms with E-state index in [0.717, 1.165) is 18.4 Å². The Bertz CT molecular complexity index is 469. The van der Waals surface area contributed by atoms with Crippen molar-refractivity contribution >= 4 is 6.03 Å². The van der Waals surface area contributed by atoms with Gasteiger partial charge < -0.3 is 15.4 Å². The van der Waals surface area contributed by atoms with E-state index < -0.39 is 0 Å². The normalized spacial score (nSPS) is 16.1. The predicted molar refractivity (Wildman–Crippen MR) is 86.9 cm³/mol. The highest BCUT2D eigenvalue weighted by molar-refractivity contribution is 5.74. The van der Waals surface area contributed by atoms with Crippen LogP contribution < -0.4 is 15.4 Å². The van der Waals surface area contributed by atoms with E-state index in [2.05, 4.69) is 15.6 Å². The Labute approximate surface area is 132 Å². The number of carbonyl (C=O) groups is 1. The summed E-state index contributed by atoms with van der Waals surface area (Å²) < 4.78 is 5.66. The summed E-state index contributed by atoms with van der Waals surface area (Å²) in [5, 5.41) is 5.99. The summed E-state index contributed by atoms with van der Waals surface area (Å²) >= 11 is 0. The molecule has 22 heavy (non-hydrogen) atoms. The molecule has 1 aliphatic carbocycles. The van der Waals surface area contributed by atoms with Gasteiger partial charge in [-0.2, -0.15) is 0 Å². The van der Waals surface area contributed by atoms with E-state index in [4.69, 9.17) is 4.74 Å². The SMILES string of the molecule is CC(C)Oc1ncccc1CNC(=O)NC1CCCCCC1. The van der Waals surface area contributed by atoms with E-state index in [1.54, 1.807) is 6.20 Å². The van der Waals surface area contributed by atoms with Crippen LogP contribution >= 0.6 is 0 Å². The molecule has 5 nitrogen and oxygen atoms in total. The maximum atomic E-state index is 12.0. The Morgan fingerprint density at radius 2 is 2.05 bits per heavy atom. The molecular weight excluding hydrogens is 278 g/mol. The van der Waals surface area contributed by atoms with Crippen molar-refractivity contribution < 1.29 is 9.53 Å². The molecular formula is C17H27N3O2. The molecule has 1 fully saturated rings. The van der Waals surface area contributed by atoms with Gasteiger partial charge in [0.25, 0.3) is 0 Å². The van der Waals surface area contributed by atoms with Crippen LogP contribution in [0.25, 0.3) is 0 Å². The number of carbonyl (C=O) groups excluding carboxylic acids is 1. The molecule has 0 aliphatic heterocycles. The molecule has 0 aromatic carbocycles. The van der Waals surface area contributed by atoms with Crippen LogP contribution in [0.4, 0.5) is 4.79 Å². The lowest BCUT2D eigenvalue weighted by molar-refractivity contribution is 0.227. The van der Waals surface area contributed by atoms with Crippen LogP contribution in [0.3, 0.4) is 0 Å². The summed E-state index contributed by atoms with van der Waals surface area (Å²) in [4.78, 5) is 16.3. The zero-order chi connectivity index (χ0) is 15.8. The lowest BCUT2D eigenvalue weighted by Gasteiger charge is -2.17. The standard InChI is InChI=1S/C17H27N3O2/c1-13(2)22-16-14(8-7-11-18-16)12-19-17(21)20-15-9-5-3-4-6-10-15/h7-8,11,13,15H,3-6,9-10,12H2,1-2H3,(H2,19,20,21). The molecule has 0 atom stereocenters. The van der Waals surface area contributed by atoms with Crippen molar-refractivity contribution in [1.29, 1.82) is 0 Å². The highest BCUT2D eigenvalue weighted by Gasteiger charge is 2.15. The second-order valence-electron chi connectivity index (χ2n) is 6.15. The number of urea groups is 1. The third-order valence-electron chi connectivity index (χ3n) is 3.83. The molecule has 1 aromatic heterocycles. The fraction of sp³-hybridized carbons (Fsp3) is 0.647. The van der Waals surface area contributed by atoms with Crippen LogP contribution in [-0.4, -0.2) is 23.2 Å². The van der Waals surface area contributed by atoms with Crippen molar-refractivity contribution in [2.75, 3.05) is 0 Å². The van der Waals surface area contributed by atoms with E-state index in [1.165, 1.54) is 25.7 Å². The molecule has 1 heterocycles. The van der Waals surface area contributed by atoms with Gasteiger partial charge in [-0.05, 0) is 32.8 Å². The molecule has 0 radical (unpaired) electrons. The molecule has 1 aromatic rings. The number of hydrogen-bond donors (Lipinski definition) is 2. The summed E-state index contributed by atoms with van der Waals surface area (Å²) in [5.74, 6) is 0.590. The molecule has 1 aliphatic rings. The van der Waals surface area contributed by atoms with Crippen molar-refractivity contribution in [2.45, 2.75) is 71.1 Å². The number of hydrogen-bond acceptors (Lipinski definition) is 3. The van der Waals surface area contributed by atoms with Crippen LogP contribution in [-0.2, 0) is 6.54 Å². The van der Waals surface area contributed by atoms with Crippen LogP contribution in [0.15, 0.2) is 18.3 Å². The maximum Gasteiger partial charge on any atom is 0.315 e. The minimum absolute atomic E-state index is 0.0634. The number of pyridine rings is 1. The van der Waals surface area contributed by atoms with Crippen LogP contribution in [0.2, 0.25) is 0 Å². The second-order valence-corrected chi connectivity index (χ2v) is 6.15. The molecule has 0 bridgehead atoms. The maximum absolute atomic E-state index is 12.0. The second kappa shape index (κ2) is 8.61. The van der Waals surface area contributed by atoms with Crippen molar-refractivity contribution in [1.82, 2.24) is 15.6 Å². The van der Waals surface area contributed by atoms with Gasteiger partial charge in [0.1, 0.15) is 0 Å². The van der Waals surface area contributed by atoms with Crippen molar-refractivity contribution in [2.24, 2.45) is 0 Å². The fourth-order valence-electron chi connectivity index (χ4n) is 2.72. The summed E-state index contributed by atoms with van der Waals surface area (Å²) in [6, 6.07) is 3.98. The minimum Gasteiger partial charge on any atom is -0.475 e. The lowest BCUT2D eigenvalue weighted by Crippen LogP contribution is -2.41. The first-order chi connectivity index (χ1) is 10.6. The van der Waals surface area contributed by atoms with Crippen molar-refractivity contribution in [3.05, 3.63) is 23.9 Å². The summed E-state index contributed by atoms with van der Waals surface area (Å²) in [6.07, 6.45) is 8.92. The average Bonchev–Trinajstić information content (AvgIpc) is 2.74. The summed E-state index contributed by atoms with van der Waals surface area (Å²) in [7, 11) is 0. The van der Waals surface area contributed by atoms with E-state index in [-0.39, 0.29) is 12.1 Å². The lowest BCUT2D eigenvalue weighted by atomic mass is 10.1. The van der Waals surface area contributed by atoms with Crippen molar-refractivity contribution in [3.8, 4) is 5.88 Å². The topological polar surface area (TPSA) is 63.2 Å². The molecule has 0 saturated heterocycles. The average molecular weight is 305 g/mol.